The Kier molecular flexibility index (Phi) is 5.79. The average Bonchev–Trinajstić information content (AvgIpc) is 3.16. The van der Waals surface area contributed by atoms with Crippen molar-refractivity contribution in [3.05, 3.63) is 48.2 Å². The average molecular weight is 386 g/mol. The number of piperazine rings is 1. The molecular formula is C20H22N2O6. The molecule has 2 aromatic rings. The molecule has 2 unspecified atom stereocenters. The monoisotopic (exact) mass is 386 g/mol. The first-order chi connectivity index (χ1) is 13.3. The molecule has 0 aliphatic carbocycles. The standard InChI is InChI=1S/C16H18N2O2.C4H4O4/c1-17-12-6-7-13(17)10-18(9-12)16(19)15-8-11-4-2-3-5-14(11)20-15;5-3(6)1-2-4(7)8/h2-5,8,12-13H,6-7,9-10H2,1H3;1-2H,(H,5,6)(H,7,8)/b;2-1+. The molecule has 2 N–H and O–H groups in total. The highest BCUT2D eigenvalue weighted by Crippen LogP contribution is 2.29. The van der Waals surface area contributed by atoms with Crippen LogP contribution in [0, 0.1) is 0 Å². The molecule has 2 fully saturated rings. The maximum Gasteiger partial charge on any atom is 0.328 e. The first-order valence-corrected chi connectivity index (χ1v) is 8.99. The number of fused-ring (bicyclic) bond motifs is 3. The molecule has 0 radical (unpaired) electrons. The molecule has 2 aliphatic heterocycles. The van der Waals surface area contributed by atoms with Crippen LogP contribution in [0.15, 0.2) is 46.9 Å². The first-order valence-electron chi connectivity index (χ1n) is 8.99. The molecule has 148 valence electrons. The van der Waals surface area contributed by atoms with E-state index < -0.39 is 11.9 Å². The molecule has 8 heteroatoms. The first kappa shape index (κ1) is 19.6. The number of amides is 1. The molecule has 4 rings (SSSR count). The van der Waals surface area contributed by atoms with E-state index in [1.807, 2.05) is 35.2 Å². The van der Waals surface area contributed by atoms with Gasteiger partial charge in [-0.3, -0.25) is 9.69 Å². The third kappa shape index (κ3) is 4.40. The molecular weight excluding hydrogens is 364 g/mol. The maximum absolute atomic E-state index is 12.6. The summed E-state index contributed by atoms with van der Waals surface area (Å²) in [6.45, 7) is 1.64. The summed E-state index contributed by atoms with van der Waals surface area (Å²) in [5, 5.41) is 16.6. The zero-order valence-electron chi connectivity index (χ0n) is 15.4. The number of carbonyl (C=O) groups is 3. The Hall–Kier alpha value is -3.13. The van der Waals surface area contributed by atoms with Crippen molar-refractivity contribution in [1.82, 2.24) is 9.80 Å². The van der Waals surface area contributed by atoms with Crippen molar-refractivity contribution in [2.45, 2.75) is 24.9 Å². The number of hydrogen-bond acceptors (Lipinski definition) is 5. The van der Waals surface area contributed by atoms with Gasteiger partial charge in [-0.2, -0.15) is 0 Å². The van der Waals surface area contributed by atoms with Crippen molar-refractivity contribution >= 4 is 28.8 Å². The van der Waals surface area contributed by atoms with Crippen LogP contribution >= 0.6 is 0 Å². The number of benzene rings is 1. The number of carbonyl (C=O) groups excluding carboxylic acids is 1. The summed E-state index contributed by atoms with van der Waals surface area (Å²) in [5.41, 5.74) is 0.785. The van der Waals surface area contributed by atoms with E-state index in [9.17, 15) is 14.4 Å². The predicted molar refractivity (Wildman–Crippen MR) is 101 cm³/mol. The minimum Gasteiger partial charge on any atom is -0.478 e. The topological polar surface area (TPSA) is 111 Å². The van der Waals surface area contributed by atoms with Gasteiger partial charge in [0.1, 0.15) is 5.58 Å². The Balaban J connectivity index is 0.000000242. The SMILES string of the molecule is CN1C2CCC1CN(C(=O)c1cc3ccccc3o1)C2.O=C(O)/C=C/C(=O)O. The van der Waals surface area contributed by atoms with Gasteiger partial charge in [0.15, 0.2) is 5.76 Å². The Morgan fingerprint density at radius 3 is 2.14 bits per heavy atom. The predicted octanol–water partition coefficient (Wildman–Crippen LogP) is 2.06. The van der Waals surface area contributed by atoms with Crippen LogP contribution in [0.2, 0.25) is 0 Å². The lowest BCUT2D eigenvalue weighted by molar-refractivity contribution is -0.134. The van der Waals surface area contributed by atoms with E-state index in [2.05, 4.69) is 11.9 Å². The number of carboxylic acids is 2. The summed E-state index contributed by atoms with van der Waals surface area (Å²) in [6.07, 6.45) is 3.51. The van der Waals surface area contributed by atoms with E-state index in [0.29, 0.717) is 30.0 Å². The Bertz CT molecular complexity index is 855. The Morgan fingerprint density at radius 1 is 1.04 bits per heavy atom. The normalized spacial score (nSPS) is 21.5. The van der Waals surface area contributed by atoms with Crippen molar-refractivity contribution < 1.29 is 29.0 Å². The third-order valence-electron chi connectivity index (χ3n) is 5.14. The van der Waals surface area contributed by atoms with Gasteiger partial charge in [0, 0.05) is 42.7 Å². The molecule has 0 spiro atoms. The van der Waals surface area contributed by atoms with Crippen molar-refractivity contribution in [3.8, 4) is 0 Å². The van der Waals surface area contributed by atoms with Crippen LogP contribution in [0.1, 0.15) is 23.4 Å². The van der Waals surface area contributed by atoms with Gasteiger partial charge in [-0.05, 0) is 32.0 Å². The number of rotatable bonds is 3. The second kappa shape index (κ2) is 8.26. The fourth-order valence-electron chi connectivity index (χ4n) is 3.67. The maximum atomic E-state index is 12.6. The van der Waals surface area contributed by atoms with E-state index in [-0.39, 0.29) is 5.91 Å². The second-order valence-electron chi connectivity index (χ2n) is 6.92. The number of furan rings is 1. The number of para-hydroxylation sites is 1. The Labute approximate surface area is 161 Å². The van der Waals surface area contributed by atoms with Crippen LogP contribution < -0.4 is 0 Å². The lowest BCUT2D eigenvalue weighted by Gasteiger charge is -2.38. The molecule has 1 amide bonds. The van der Waals surface area contributed by atoms with E-state index in [1.165, 1.54) is 12.8 Å². The molecule has 0 saturated carbocycles. The lowest BCUT2D eigenvalue weighted by Crippen LogP contribution is -2.53. The number of likely N-dealkylation sites (N-methyl/N-ethyl adjacent to an activating group) is 1. The molecule has 2 bridgehead atoms. The van der Waals surface area contributed by atoms with E-state index in [1.54, 1.807) is 0 Å². The Morgan fingerprint density at radius 2 is 1.61 bits per heavy atom. The van der Waals surface area contributed by atoms with Gasteiger partial charge in [0.25, 0.3) is 5.91 Å². The van der Waals surface area contributed by atoms with Crippen LogP contribution in [0.4, 0.5) is 0 Å². The van der Waals surface area contributed by atoms with Crippen molar-refractivity contribution in [1.29, 1.82) is 0 Å². The largest absolute Gasteiger partial charge is 0.478 e. The summed E-state index contributed by atoms with van der Waals surface area (Å²) in [7, 11) is 2.17. The highest BCUT2D eigenvalue weighted by atomic mass is 16.4. The number of aliphatic carboxylic acids is 2. The van der Waals surface area contributed by atoms with Gasteiger partial charge in [-0.1, -0.05) is 18.2 Å². The van der Waals surface area contributed by atoms with Crippen molar-refractivity contribution in [2.75, 3.05) is 20.1 Å². The van der Waals surface area contributed by atoms with E-state index in [0.717, 1.165) is 24.1 Å². The van der Waals surface area contributed by atoms with Gasteiger partial charge in [0.2, 0.25) is 0 Å². The molecule has 3 heterocycles. The van der Waals surface area contributed by atoms with Crippen LogP contribution in [0.3, 0.4) is 0 Å². The van der Waals surface area contributed by atoms with E-state index >= 15 is 0 Å². The highest BCUT2D eigenvalue weighted by Gasteiger charge is 2.39. The smallest absolute Gasteiger partial charge is 0.328 e. The number of carboxylic acid groups (broad SMARTS) is 2. The number of likely N-dealkylation sites (tertiary alicyclic amines) is 1. The molecule has 2 atom stereocenters. The van der Waals surface area contributed by atoms with Crippen LogP contribution in [-0.2, 0) is 9.59 Å². The fourth-order valence-corrected chi connectivity index (χ4v) is 3.67. The molecule has 1 aromatic heterocycles. The minimum atomic E-state index is -1.26. The molecule has 28 heavy (non-hydrogen) atoms. The quantitative estimate of drug-likeness (QED) is 0.777. The zero-order chi connectivity index (χ0) is 20.3. The fraction of sp³-hybridized carbons (Fsp3) is 0.350. The van der Waals surface area contributed by atoms with Gasteiger partial charge in [-0.25, -0.2) is 9.59 Å². The lowest BCUT2D eigenvalue weighted by atomic mass is 10.2. The molecule has 8 nitrogen and oxygen atoms in total. The molecule has 1 aromatic carbocycles. The summed E-state index contributed by atoms with van der Waals surface area (Å²) in [4.78, 5) is 36.1. The van der Waals surface area contributed by atoms with Gasteiger partial charge in [0.05, 0.1) is 0 Å². The number of nitrogens with zero attached hydrogens (tertiary/aromatic N) is 2. The van der Waals surface area contributed by atoms with E-state index in [4.69, 9.17) is 14.6 Å². The van der Waals surface area contributed by atoms with Crippen molar-refractivity contribution in [2.24, 2.45) is 0 Å². The van der Waals surface area contributed by atoms with Gasteiger partial charge < -0.3 is 19.5 Å². The molecule has 2 saturated heterocycles. The minimum absolute atomic E-state index is 0.0335. The summed E-state index contributed by atoms with van der Waals surface area (Å²) >= 11 is 0. The third-order valence-corrected chi connectivity index (χ3v) is 5.14. The van der Waals surface area contributed by atoms with Gasteiger partial charge in [-0.15, -0.1) is 0 Å². The van der Waals surface area contributed by atoms with Crippen LogP contribution in [0.25, 0.3) is 11.0 Å². The summed E-state index contributed by atoms with van der Waals surface area (Å²) in [6, 6.07) is 10.7. The van der Waals surface area contributed by atoms with Gasteiger partial charge >= 0.3 is 11.9 Å². The van der Waals surface area contributed by atoms with Crippen LogP contribution in [-0.4, -0.2) is 70.1 Å². The summed E-state index contributed by atoms with van der Waals surface area (Å²) in [5.74, 6) is -2.01. The molecule has 2 aliphatic rings. The number of hydrogen-bond donors (Lipinski definition) is 2. The summed E-state index contributed by atoms with van der Waals surface area (Å²) < 4.78 is 5.70. The zero-order valence-corrected chi connectivity index (χ0v) is 15.4. The second-order valence-corrected chi connectivity index (χ2v) is 6.92. The van der Waals surface area contributed by atoms with Crippen molar-refractivity contribution in [3.63, 3.8) is 0 Å². The highest BCUT2D eigenvalue weighted by molar-refractivity contribution is 5.96. The van der Waals surface area contributed by atoms with Crippen LogP contribution in [0.5, 0.6) is 0 Å².